The number of unbranched alkanes of at least 4 members (excludes halogenated alkanes) is 22. The normalized spacial score (nSPS) is 14.1. The molecule has 0 aromatic rings. The average Bonchev–Trinajstić information content (AvgIpc) is 3.07. The van der Waals surface area contributed by atoms with E-state index in [0.717, 1.165) is 44.9 Å². The van der Waals surface area contributed by atoms with Gasteiger partial charge in [-0.05, 0) is 77.0 Å². The number of allylic oxidation sites excluding steroid dienone is 6. The van der Waals surface area contributed by atoms with Gasteiger partial charge in [-0.1, -0.05) is 153 Å². The van der Waals surface area contributed by atoms with Crippen molar-refractivity contribution in [3.63, 3.8) is 0 Å². The summed E-state index contributed by atoms with van der Waals surface area (Å²) in [6.45, 7) is 4.12. The number of amides is 1. The van der Waals surface area contributed by atoms with Gasteiger partial charge < -0.3 is 20.6 Å². The van der Waals surface area contributed by atoms with Gasteiger partial charge >= 0.3 is 0 Å². The third-order valence-electron chi connectivity index (χ3n) is 9.19. The Morgan fingerprint density at radius 2 is 0.872 bits per heavy atom. The molecule has 1 amide bonds. The van der Waals surface area contributed by atoms with E-state index in [2.05, 4.69) is 55.6 Å². The molecule has 276 valence electrons. The number of hydrogen-bond donors (Lipinski definition) is 4. The van der Waals surface area contributed by atoms with Crippen LogP contribution in [0.5, 0.6) is 0 Å². The molecule has 0 saturated heterocycles. The van der Waals surface area contributed by atoms with Crippen molar-refractivity contribution >= 4 is 5.91 Å². The van der Waals surface area contributed by atoms with Crippen LogP contribution in [0.25, 0.3) is 0 Å². The molecule has 47 heavy (non-hydrogen) atoms. The molecule has 0 bridgehead atoms. The number of aliphatic hydroxyl groups is 3. The minimum Gasteiger partial charge on any atom is -0.394 e. The maximum Gasteiger partial charge on any atom is 0.220 e. The molecule has 5 heteroatoms. The number of hydrogen-bond acceptors (Lipinski definition) is 4. The van der Waals surface area contributed by atoms with Crippen LogP contribution in [0.4, 0.5) is 0 Å². The minimum absolute atomic E-state index is 0.165. The SMILES string of the molecule is CCCCC/C=C/CC/C=C/CCCC(O)C(O)C(CO)NC(=O)CCCCCCCCC/C=C\CCCCCCCCCCCC. The number of carbonyl (C=O) groups excluding carboxylic acids is 1. The molecule has 0 spiro atoms. The second-order valence-electron chi connectivity index (χ2n) is 13.8. The van der Waals surface area contributed by atoms with Gasteiger partial charge in [0.2, 0.25) is 5.91 Å². The first kappa shape index (κ1) is 45.6. The van der Waals surface area contributed by atoms with E-state index in [1.54, 1.807) is 0 Å². The van der Waals surface area contributed by atoms with Crippen LogP contribution in [0.15, 0.2) is 36.5 Å². The lowest BCUT2D eigenvalue weighted by Crippen LogP contribution is -2.50. The van der Waals surface area contributed by atoms with Crippen molar-refractivity contribution in [2.24, 2.45) is 0 Å². The van der Waals surface area contributed by atoms with E-state index >= 15 is 0 Å². The van der Waals surface area contributed by atoms with Gasteiger partial charge in [-0.25, -0.2) is 0 Å². The Bertz CT molecular complexity index is 734. The van der Waals surface area contributed by atoms with Crippen LogP contribution in [-0.2, 0) is 4.79 Å². The smallest absolute Gasteiger partial charge is 0.220 e. The van der Waals surface area contributed by atoms with Gasteiger partial charge in [0.05, 0.1) is 18.8 Å². The van der Waals surface area contributed by atoms with Crippen LogP contribution < -0.4 is 5.32 Å². The minimum atomic E-state index is -1.17. The molecule has 0 aromatic heterocycles. The molecule has 0 saturated carbocycles. The highest BCUT2D eigenvalue weighted by Gasteiger charge is 2.26. The first-order chi connectivity index (χ1) is 23.1. The molecule has 0 aliphatic heterocycles. The molecule has 3 unspecified atom stereocenters. The number of rotatable bonds is 36. The zero-order valence-corrected chi connectivity index (χ0v) is 31.2. The van der Waals surface area contributed by atoms with Crippen molar-refractivity contribution in [2.75, 3.05) is 6.61 Å². The lowest BCUT2D eigenvalue weighted by molar-refractivity contribution is -0.124. The number of carbonyl (C=O) groups is 1. The van der Waals surface area contributed by atoms with E-state index in [9.17, 15) is 20.1 Å². The summed E-state index contributed by atoms with van der Waals surface area (Å²) in [5.74, 6) is -0.165. The molecule has 0 rings (SSSR count). The fourth-order valence-electron chi connectivity index (χ4n) is 5.99. The highest BCUT2D eigenvalue weighted by Crippen LogP contribution is 2.14. The Balaban J connectivity index is 3.68. The lowest BCUT2D eigenvalue weighted by atomic mass is 10.0. The van der Waals surface area contributed by atoms with E-state index in [1.807, 2.05) is 0 Å². The zero-order chi connectivity index (χ0) is 34.5. The summed E-state index contributed by atoms with van der Waals surface area (Å²) in [7, 11) is 0. The van der Waals surface area contributed by atoms with Crippen LogP contribution in [0.2, 0.25) is 0 Å². The first-order valence-electron chi connectivity index (χ1n) is 20.3. The molecule has 0 radical (unpaired) electrons. The second kappa shape index (κ2) is 37.4. The molecular weight excluding hydrogens is 582 g/mol. The maximum absolute atomic E-state index is 12.4. The highest BCUT2D eigenvalue weighted by molar-refractivity contribution is 5.76. The topological polar surface area (TPSA) is 89.8 Å². The predicted octanol–water partition coefficient (Wildman–Crippen LogP) is 11.2. The van der Waals surface area contributed by atoms with Crippen molar-refractivity contribution in [3.8, 4) is 0 Å². The molecular formula is C42H79NO4. The molecule has 0 aliphatic rings. The summed E-state index contributed by atoms with van der Waals surface area (Å²) in [6.07, 6.45) is 45.3. The fraction of sp³-hybridized carbons (Fsp3) is 0.833. The summed E-state index contributed by atoms with van der Waals surface area (Å²) >= 11 is 0. The first-order valence-corrected chi connectivity index (χ1v) is 20.3. The van der Waals surface area contributed by atoms with Crippen molar-refractivity contribution in [1.29, 1.82) is 0 Å². The van der Waals surface area contributed by atoms with Crippen LogP contribution in [0.1, 0.15) is 200 Å². The van der Waals surface area contributed by atoms with E-state index in [-0.39, 0.29) is 12.5 Å². The van der Waals surface area contributed by atoms with Crippen LogP contribution >= 0.6 is 0 Å². The summed E-state index contributed by atoms with van der Waals surface area (Å²) in [4.78, 5) is 12.4. The van der Waals surface area contributed by atoms with Crippen LogP contribution in [0.3, 0.4) is 0 Å². The molecule has 0 aliphatic carbocycles. The van der Waals surface area contributed by atoms with Crippen molar-refractivity contribution < 1.29 is 20.1 Å². The van der Waals surface area contributed by atoms with Crippen LogP contribution in [0, 0.1) is 0 Å². The molecule has 0 aromatic carbocycles. The summed E-state index contributed by atoms with van der Waals surface area (Å²) in [6, 6.07) is -0.832. The van der Waals surface area contributed by atoms with Gasteiger partial charge in [0.25, 0.3) is 0 Å². The van der Waals surface area contributed by atoms with E-state index < -0.39 is 18.2 Å². The summed E-state index contributed by atoms with van der Waals surface area (Å²) < 4.78 is 0. The lowest BCUT2D eigenvalue weighted by Gasteiger charge is -2.26. The van der Waals surface area contributed by atoms with Crippen molar-refractivity contribution in [2.45, 2.75) is 218 Å². The fourth-order valence-corrected chi connectivity index (χ4v) is 5.99. The maximum atomic E-state index is 12.4. The standard InChI is InChI=1S/C42H79NO4/c1-3-5-7-9-11-13-15-17-18-19-20-21-22-23-24-25-27-29-31-33-35-37-41(46)43-39(38-44)42(47)40(45)36-34-32-30-28-26-16-14-12-10-8-6-4-2/h12,14,21-22,28,30,39-40,42,44-45,47H,3-11,13,15-20,23-27,29,31-38H2,1-2H3,(H,43,46)/b14-12+,22-21-,30-28+. The van der Waals surface area contributed by atoms with E-state index in [4.69, 9.17) is 0 Å². The summed E-state index contributed by atoms with van der Waals surface area (Å²) in [5, 5.41) is 33.3. The monoisotopic (exact) mass is 662 g/mol. The Morgan fingerprint density at radius 1 is 0.511 bits per heavy atom. The Hall–Kier alpha value is -1.43. The van der Waals surface area contributed by atoms with Gasteiger partial charge in [0.15, 0.2) is 0 Å². The third kappa shape index (κ3) is 32.9. The average molecular weight is 662 g/mol. The van der Waals surface area contributed by atoms with Crippen molar-refractivity contribution in [3.05, 3.63) is 36.5 Å². The Kier molecular flexibility index (Phi) is 36.3. The largest absolute Gasteiger partial charge is 0.394 e. The summed E-state index contributed by atoms with van der Waals surface area (Å²) in [5.41, 5.74) is 0. The third-order valence-corrected chi connectivity index (χ3v) is 9.19. The van der Waals surface area contributed by atoms with Crippen LogP contribution in [-0.4, -0.2) is 46.1 Å². The highest BCUT2D eigenvalue weighted by atomic mass is 16.3. The van der Waals surface area contributed by atoms with Gasteiger partial charge in [-0.2, -0.15) is 0 Å². The second-order valence-corrected chi connectivity index (χ2v) is 13.8. The zero-order valence-electron chi connectivity index (χ0n) is 31.2. The van der Waals surface area contributed by atoms with Gasteiger partial charge in [0.1, 0.15) is 6.10 Å². The Morgan fingerprint density at radius 3 is 1.34 bits per heavy atom. The molecule has 0 fully saturated rings. The van der Waals surface area contributed by atoms with Gasteiger partial charge in [0, 0.05) is 6.42 Å². The molecule has 4 N–H and O–H groups in total. The molecule has 5 nitrogen and oxygen atoms in total. The molecule has 3 atom stereocenters. The number of aliphatic hydroxyl groups excluding tert-OH is 3. The van der Waals surface area contributed by atoms with E-state index in [0.29, 0.717) is 12.8 Å². The quantitative estimate of drug-likeness (QED) is 0.0397. The van der Waals surface area contributed by atoms with Crippen molar-refractivity contribution in [1.82, 2.24) is 5.32 Å². The number of nitrogens with one attached hydrogen (secondary N) is 1. The predicted molar refractivity (Wildman–Crippen MR) is 204 cm³/mol. The Labute approximate surface area is 292 Å². The van der Waals surface area contributed by atoms with Gasteiger partial charge in [-0.3, -0.25) is 4.79 Å². The van der Waals surface area contributed by atoms with Gasteiger partial charge in [-0.15, -0.1) is 0 Å². The van der Waals surface area contributed by atoms with E-state index in [1.165, 1.54) is 128 Å². The molecule has 0 heterocycles.